The summed E-state index contributed by atoms with van der Waals surface area (Å²) < 4.78 is 55.1. The van der Waals surface area contributed by atoms with E-state index < -0.39 is 31.5 Å². The monoisotopic (exact) mass is 447 g/mol. The van der Waals surface area contributed by atoms with Gasteiger partial charge in [-0.05, 0) is 38.1 Å². The molecular formula is C18H29N3O6S2. The molecule has 164 valence electrons. The lowest BCUT2D eigenvalue weighted by molar-refractivity contribution is -0.130. The summed E-state index contributed by atoms with van der Waals surface area (Å²) in [6.07, 6.45) is 1.21. The zero-order chi connectivity index (χ0) is 21.7. The van der Waals surface area contributed by atoms with E-state index in [1.54, 1.807) is 24.3 Å². The maximum absolute atomic E-state index is 12.4. The Hall–Kier alpha value is -1.85. The number of rotatable bonds is 9. The Kier molecular flexibility index (Phi) is 7.89. The van der Waals surface area contributed by atoms with Gasteiger partial charge >= 0.3 is 0 Å². The van der Waals surface area contributed by atoms with E-state index in [1.165, 1.54) is 11.2 Å². The van der Waals surface area contributed by atoms with E-state index in [-0.39, 0.29) is 11.9 Å². The van der Waals surface area contributed by atoms with Crippen LogP contribution in [0.25, 0.3) is 0 Å². The van der Waals surface area contributed by atoms with E-state index in [1.807, 2.05) is 18.7 Å². The van der Waals surface area contributed by atoms with Gasteiger partial charge in [-0.1, -0.05) is 0 Å². The smallest absolute Gasteiger partial charge is 0.241 e. The quantitative estimate of drug-likeness (QED) is 0.583. The molecule has 0 atom stereocenters. The summed E-state index contributed by atoms with van der Waals surface area (Å²) in [5.41, 5.74) is 0.361. The van der Waals surface area contributed by atoms with Crippen LogP contribution in [0.3, 0.4) is 0 Å². The van der Waals surface area contributed by atoms with E-state index in [0.717, 1.165) is 0 Å². The molecule has 0 saturated carbocycles. The minimum Gasteiger partial charge on any atom is -0.491 e. The van der Waals surface area contributed by atoms with Crippen molar-refractivity contribution in [3.63, 3.8) is 0 Å². The Morgan fingerprint density at radius 2 is 1.66 bits per heavy atom. The third-order valence-corrected chi connectivity index (χ3v) is 6.41. The van der Waals surface area contributed by atoms with E-state index in [2.05, 4.69) is 4.72 Å². The lowest BCUT2D eigenvalue weighted by atomic mass is 10.3. The highest BCUT2D eigenvalue weighted by Gasteiger charge is 2.25. The molecule has 1 fully saturated rings. The van der Waals surface area contributed by atoms with Gasteiger partial charge in [-0.2, -0.15) is 0 Å². The fourth-order valence-corrected chi connectivity index (χ4v) is 4.52. The molecule has 0 bridgehead atoms. The van der Waals surface area contributed by atoms with Crippen LogP contribution in [0.15, 0.2) is 24.3 Å². The Labute approximate surface area is 173 Å². The Morgan fingerprint density at radius 3 is 2.17 bits per heavy atom. The van der Waals surface area contributed by atoms with Crippen LogP contribution in [0.2, 0.25) is 0 Å². The fraction of sp³-hybridized carbons (Fsp3) is 0.611. The Bertz CT molecular complexity index is 890. The predicted octanol–water partition coefficient (Wildman–Crippen LogP) is 0.404. The lowest BCUT2D eigenvalue weighted by Gasteiger charge is -2.34. The highest BCUT2D eigenvalue weighted by Crippen LogP contribution is 2.18. The van der Waals surface area contributed by atoms with Crippen LogP contribution < -0.4 is 9.46 Å². The molecule has 0 unspecified atom stereocenters. The topological polar surface area (TPSA) is 113 Å². The number of carbonyl (C=O) groups excluding carboxylic acids is 1. The summed E-state index contributed by atoms with van der Waals surface area (Å²) in [5, 5.41) is 0. The highest BCUT2D eigenvalue weighted by molar-refractivity contribution is 7.93. The molecule has 1 amide bonds. The molecule has 1 N–H and O–H groups in total. The summed E-state index contributed by atoms with van der Waals surface area (Å²) in [6.45, 7) is 6.00. The van der Waals surface area contributed by atoms with E-state index in [9.17, 15) is 21.6 Å². The molecule has 2 rings (SSSR count). The number of piperazine rings is 1. The molecule has 0 radical (unpaired) electrons. The van der Waals surface area contributed by atoms with Crippen molar-refractivity contribution >= 4 is 31.5 Å². The van der Waals surface area contributed by atoms with Crippen LogP contribution >= 0.6 is 0 Å². The van der Waals surface area contributed by atoms with Gasteiger partial charge in [0.15, 0.2) is 0 Å². The fourth-order valence-electron chi connectivity index (χ4n) is 2.86. The molecule has 0 spiro atoms. The molecule has 11 heteroatoms. The van der Waals surface area contributed by atoms with Crippen molar-refractivity contribution in [2.24, 2.45) is 0 Å². The summed E-state index contributed by atoms with van der Waals surface area (Å²) >= 11 is 0. The van der Waals surface area contributed by atoms with Gasteiger partial charge in [0, 0.05) is 44.7 Å². The first-order valence-electron chi connectivity index (χ1n) is 9.38. The van der Waals surface area contributed by atoms with Gasteiger partial charge in [0.25, 0.3) is 0 Å². The molecule has 1 saturated heterocycles. The van der Waals surface area contributed by atoms with Crippen LogP contribution in [0.5, 0.6) is 5.75 Å². The molecule has 1 heterocycles. The minimum atomic E-state index is -3.84. The second-order valence-corrected chi connectivity index (χ2v) is 11.4. The van der Waals surface area contributed by atoms with E-state index >= 15 is 0 Å². The predicted molar refractivity (Wildman–Crippen MR) is 112 cm³/mol. The van der Waals surface area contributed by atoms with Crippen molar-refractivity contribution in [3.8, 4) is 5.75 Å². The number of nitrogens with one attached hydrogen (secondary N) is 1. The standard InChI is InChI=1S/C18H29N3O6S2/c1-15(2)27-17-6-4-16(5-7-17)19-29(25,26)14-18(22)21-10-8-20(9-11-21)12-13-28(3,23)24/h4-7,15,19H,8-14H2,1-3H3. The van der Waals surface area contributed by atoms with Gasteiger partial charge in [-0.15, -0.1) is 0 Å². The number of ether oxygens (including phenoxy) is 1. The van der Waals surface area contributed by atoms with Crippen molar-refractivity contribution in [1.82, 2.24) is 9.80 Å². The number of amides is 1. The number of benzene rings is 1. The Morgan fingerprint density at radius 1 is 1.07 bits per heavy atom. The molecule has 1 aromatic carbocycles. The average molecular weight is 448 g/mol. The van der Waals surface area contributed by atoms with Gasteiger partial charge < -0.3 is 9.64 Å². The van der Waals surface area contributed by atoms with Gasteiger partial charge in [0.1, 0.15) is 21.3 Å². The molecule has 29 heavy (non-hydrogen) atoms. The molecule has 0 aromatic heterocycles. The minimum absolute atomic E-state index is 0.0157. The largest absolute Gasteiger partial charge is 0.491 e. The Balaban J connectivity index is 1.83. The van der Waals surface area contributed by atoms with Gasteiger partial charge in [0.05, 0.1) is 11.9 Å². The number of sulfonamides is 1. The molecule has 0 aliphatic carbocycles. The number of anilines is 1. The van der Waals surface area contributed by atoms with E-state index in [4.69, 9.17) is 4.74 Å². The molecule has 1 aliphatic rings. The van der Waals surface area contributed by atoms with Crippen LogP contribution in [0.1, 0.15) is 13.8 Å². The first kappa shape index (κ1) is 23.4. The summed E-state index contributed by atoms with van der Waals surface area (Å²) in [7, 11) is -6.87. The third kappa shape index (κ3) is 8.58. The van der Waals surface area contributed by atoms with Crippen molar-refractivity contribution < 1.29 is 26.4 Å². The average Bonchev–Trinajstić information content (AvgIpc) is 2.60. The first-order chi connectivity index (χ1) is 13.4. The van der Waals surface area contributed by atoms with Crippen molar-refractivity contribution in [2.75, 3.05) is 55.2 Å². The molecular weight excluding hydrogens is 418 g/mol. The summed E-state index contributed by atoms with van der Waals surface area (Å²) in [6, 6.07) is 6.49. The third-order valence-electron chi connectivity index (χ3n) is 4.32. The number of nitrogens with zero attached hydrogens (tertiary/aromatic N) is 2. The van der Waals surface area contributed by atoms with Crippen LogP contribution in [-0.4, -0.2) is 89.1 Å². The highest BCUT2D eigenvalue weighted by atomic mass is 32.2. The number of sulfone groups is 1. The lowest BCUT2D eigenvalue weighted by Crippen LogP contribution is -2.51. The van der Waals surface area contributed by atoms with E-state index in [0.29, 0.717) is 44.2 Å². The van der Waals surface area contributed by atoms with Gasteiger partial charge in [-0.25, -0.2) is 16.8 Å². The number of hydrogen-bond donors (Lipinski definition) is 1. The molecule has 9 nitrogen and oxygen atoms in total. The second kappa shape index (κ2) is 9.77. The zero-order valence-corrected chi connectivity index (χ0v) is 18.6. The number of hydrogen-bond acceptors (Lipinski definition) is 7. The van der Waals surface area contributed by atoms with Crippen LogP contribution in [-0.2, 0) is 24.7 Å². The summed E-state index contributed by atoms with van der Waals surface area (Å²) in [4.78, 5) is 15.8. The molecule has 1 aliphatic heterocycles. The maximum Gasteiger partial charge on any atom is 0.241 e. The van der Waals surface area contributed by atoms with Crippen molar-refractivity contribution in [2.45, 2.75) is 20.0 Å². The first-order valence-corrected chi connectivity index (χ1v) is 13.1. The van der Waals surface area contributed by atoms with Gasteiger partial charge in [0.2, 0.25) is 15.9 Å². The summed E-state index contributed by atoms with van der Waals surface area (Å²) in [5.74, 6) is -0.409. The zero-order valence-electron chi connectivity index (χ0n) is 17.0. The number of carbonyl (C=O) groups is 1. The second-order valence-electron chi connectivity index (χ2n) is 7.40. The van der Waals surface area contributed by atoms with Gasteiger partial charge in [-0.3, -0.25) is 14.4 Å². The normalized spacial score (nSPS) is 16.1. The van der Waals surface area contributed by atoms with Crippen molar-refractivity contribution in [1.29, 1.82) is 0 Å². The van der Waals surface area contributed by atoms with Crippen LogP contribution in [0, 0.1) is 0 Å². The van der Waals surface area contributed by atoms with Crippen molar-refractivity contribution in [3.05, 3.63) is 24.3 Å². The van der Waals surface area contributed by atoms with Crippen LogP contribution in [0.4, 0.5) is 5.69 Å². The SMILES string of the molecule is CC(C)Oc1ccc(NS(=O)(=O)CC(=O)N2CCN(CCS(C)(=O)=O)CC2)cc1. The molecule has 1 aromatic rings. The maximum atomic E-state index is 12.4.